The number of rotatable bonds is 2. The van der Waals surface area contributed by atoms with Crippen LogP contribution in [-0.4, -0.2) is 19.6 Å². The quantitative estimate of drug-likeness (QED) is 0.580. The third-order valence-corrected chi connectivity index (χ3v) is 3.13. The molecule has 2 rings (SSSR count). The molecule has 2 aliphatic rings. The lowest BCUT2D eigenvalue weighted by Gasteiger charge is -2.25. The largest absolute Gasteiger partial charge is 0.330 e. The molecule has 1 heterocycles. The molecule has 1 atom stereocenters. The van der Waals surface area contributed by atoms with Crippen LogP contribution in [0.2, 0.25) is 0 Å². The van der Waals surface area contributed by atoms with Crippen molar-refractivity contribution in [2.24, 2.45) is 17.1 Å². The Morgan fingerprint density at radius 3 is 2.70 bits per heavy atom. The van der Waals surface area contributed by atoms with Crippen LogP contribution < -0.4 is 11.1 Å². The Bertz CT molecular complexity index is 123. The fraction of sp³-hybridized carbons (Fsp3) is 1.00. The highest BCUT2D eigenvalue weighted by Crippen LogP contribution is 2.48. The van der Waals surface area contributed by atoms with Crippen LogP contribution in [0.4, 0.5) is 0 Å². The van der Waals surface area contributed by atoms with Gasteiger partial charge in [0.2, 0.25) is 0 Å². The SMILES string of the molecule is NCC1(C2CC2)CCNC1. The average Bonchev–Trinajstić information content (AvgIpc) is 2.71. The first-order chi connectivity index (χ1) is 4.87. The maximum atomic E-state index is 5.77. The van der Waals surface area contributed by atoms with Crippen molar-refractivity contribution in [1.82, 2.24) is 5.32 Å². The van der Waals surface area contributed by atoms with Crippen LogP contribution in [0.3, 0.4) is 0 Å². The average molecular weight is 140 g/mol. The number of hydrogen-bond donors (Lipinski definition) is 2. The van der Waals surface area contributed by atoms with Gasteiger partial charge in [-0.05, 0) is 43.7 Å². The Balaban J connectivity index is 2.04. The molecule has 10 heavy (non-hydrogen) atoms. The van der Waals surface area contributed by atoms with E-state index in [9.17, 15) is 0 Å². The monoisotopic (exact) mass is 140 g/mol. The van der Waals surface area contributed by atoms with E-state index in [-0.39, 0.29) is 0 Å². The van der Waals surface area contributed by atoms with Gasteiger partial charge in [-0.2, -0.15) is 0 Å². The number of nitrogens with two attached hydrogens (primary N) is 1. The van der Waals surface area contributed by atoms with Crippen LogP contribution in [0.5, 0.6) is 0 Å². The molecule has 1 aliphatic heterocycles. The second kappa shape index (κ2) is 2.21. The molecule has 0 bridgehead atoms. The smallest absolute Gasteiger partial charge is 0.00230 e. The highest BCUT2D eigenvalue weighted by atomic mass is 14.9. The van der Waals surface area contributed by atoms with Crippen molar-refractivity contribution in [2.45, 2.75) is 19.3 Å². The van der Waals surface area contributed by atoms with Crippen LogP contribution in [0.1, 0.15) is 19.3 Å². The van der Waals surface area contributed by atoms with Gasteiger partial charge in [-0.1, -0.05) is 0 Å². The minimum absolute atomic E-state index is 0.514. The van der Waals surface area contributed by atoms with Crippen molar-refractivity contribution in [3.8, 4) is 0 Å². The Morgan fingerprint density at radius 2 is 2.30 bits per heavy atom. The molecule has 0 aromatic heterocycles. The van der Waals surface area contributed by atoms with E-state index >= 15 is 0 Å². The summed E-state index contributed by atoms with van der Waals surface area (Å²) in [6.45, 7) is 3.26. The lowest BCUT2D eigenvalue weighted by molar-refractivity contribution is 0.283. The van der Waals surface area contributed by atoms with Gasteiger partial charge in [-0.25, -0.2) is 0 Å². The van der Waals surface area contributed by atoms with Crippen LogP contribution >= 0.6 is 0 Å². The molecule has 58 valence electrons. The normalized spacial score (nSPS) is 40.5. The molecule has 0 radical (unpaired) electrons. The van der Waals surface area contributed by atoms with Gasteiger partial charge in [0.1, 0.15) is 0 Å². The molecule has 0 amide bonds. The lowest BCUT2D eigenvalue weighted by Crippen LogP contribution is -2.34. The molecule has 2 nitrogen and oxygen atoms in total. The van der Waals surface area contributed by atoms with Crippen molar-refractivity contribution >= 4 is 0 Å². The molecule has 0 aromatic carbocycles. The van der Waals surface area contributed by atoms with Crippen molar-refractivity contribution in [2.75, 3.05) is 19.6 Å². The molecule has 1 aliphatic carbocycles. The summed E-state index contributed by atoms with van der Waals surface area (Å²) in [5, 5.41) is 3.41. The summed E-state index contributed by atoms with van der Waals surface area (Å²) in [7, 11) is 0. The molecule has 1 saturated heterocycles. The van der Waals surface area contributed by atoms with E-state index in [0.29, 0.717) is 5.41 Å². The molecule has 0 spiro atoms. The van der Waals surface area contributed by atoms with E-state index in [4.69, 9.17) is 5.73 Å². The lowest BCUT2D eigenvalue weighted by atomic mass is 9.82. The standard InChI is InChI=1S/C8H16N2/c9-5-8(7-1-2-7)3-4-10-6-8/h7,10H,1-6,9H2. The van der Waals surface area contributed by atoms with Gasteiger partial charge in [0.25, 0.3) is 0 Å². The van der Waals surface area contributed by atoms with E-state index in [2.05, 4.69) is 5.32 Å². The maximum absolute atomic E-state index is 5.77. The van der Waals surface area contributed by atoms with Gasteiger partial charge in [0, 0.05) is 6.54 Å². The highest BCUT2D eigenvalue weighted by Gasteiger charge is 2.45. The Morgan fingerprint density at radius 1 is 1.50 bits per heavy atom. The van der Waals surface area contributed by atoms with E-state index in [1.165, 1.54) is 32.4 Å². The summed E-state index contributed by atoms with van der Waals surface area (Å²) >= 11 is 0. The zero-order valence-electron chi connectivity index (χ0n) is 6.40. The van der Waals surface area contributed by atoms with Gasteiger partial charge in [0.15, 0.2) is 0 Å². The first-order valence-corrected chi connectivity index (χ1v) is 4.28. The molecule has 2 fully saturated rings. The van der Waals surface area contributed by atoms with Crippen molar-refractivity contribution in [3.05, 3.63) is 0 Å². The Labute approximate surface area is 62.2 Å². The first-order valence-electron chi connectivity index (χ1n) is 4.28. The van der Waals surface area contributed by atoms with E-state index in [1.807, 2.05) is 0 Å². The Hall–Kier alpha value is -0.0800. The van der Waals surface area contributed by atoms with Gasteiger partial charge >= 0.3 is 0 Å². The third-order valence-electron chi connectivity index (χ3n) is 3.13. The molecule has 1 unspecified atom stereocenters. The van der Waals surface area contributed by atoms with Gasteiger partial charge in [-0.15, -0.1) is 0 Å². The van der Waals surface area contributed by atoms with Crippen molar-refractivity contribution in [3.63, 3.8) is 0 Å². The molecular formula is C8H16N2. The van der Waals surface area contributed by atoms with Gasteiger partial charge in [0.05, 0.1) is 0 Å². The second-order valence-corrected chi connectivity index (χ2v) is 3.77. The third kappa shape index (κ3) is 0.867. The minimum Gasteiger partial charge on any atom is -0.330 e. The van der Waals surface area contributed by atoms with Crippen LogP contribution in [-0.2, 0) is 0 Å². The van der Waals surface area contributed by atoms with E-state index in [1.54, 1.807) is 0 Å². The molecular weight excluding hydrogens is 124 g/mol. The topological polar surface area (TPSA) is 38.0 Å². The summed E-state index contributed by atoms with van der Waals surface area (Å²) < 4.78 is 0. The molecule has 1 saturated carbocycles. The van der Waals surface area contributed by atoms with E-state index in [0.717, 1.165) is 12.5 Å². The minimum atomic E-state index is 0.514. The van der Waals surface area contributed by atoms with Gasteiger partial charge < -0.3 is 11.1 Å². The van der Waals surface area contributed by atoms with Crippen molar-refractivity contribution < 1.29 is 0 Å². The number of nitrogens with one attached hydrogen (secondary N) is 1. The van der Waals surface area contributed by atoms with Crippen LogP contribution in [0.25, 0.3) is 0 Å². The van der Waals surface area contributed by atoms with E-state index < -0.39 is 0 Å². The van der Waals surface area contributed by atoms with Crippen molar-refractivity contribution in [1.29, 1.82) is 0 Å². The summed E-state index contributed by atoms with van der Waals surface area (Å²) in [6, 6.07) is 0. The summed E-state index contributed by atoms with van der Waals surface area (Å²) in [5.41, 5.74) is 6.28. The number of hydrogen-bond acceptors (Lipinski definition) is 2. The summed E-state index contributed by atoms with van der Waals surface area (Å²) in [5.74, 6) is 0.965. The fourth-order valence-corrected chi connectivity index (χ4v) is 2.15. The molecule has 2 heteroatoms. The van der Waals surface area contributed by atoms with Crippen LogP contribution in [0, 0.1) is 11.3 Å². The molecule has 0 aromatic rings. The maximum Gasteiger partial charge on any atom is 0.00230 e. The van der Waals surface area contributed by atoms with Gasteiger partial charge in [-0.3, -0.25) is 0 Å². The Kier molecular flexibility index (Phi) is 1.46. The summed E-state index contributed by atoms with van der Waals surface area (Å²) in [4.78, 5) is 0. The summed E-state index contributed by atoms with van der Waals surface area (Å²) in [6.07, 6.45) is 4.17. The zero-order chi connectivity index (χ0) is 7.03. The fourth-order valence-electron chi connectivity index (χ4n) is 2.15. The highest BCUT2D eigenvalue weighted by molar-refractivity contribution is 4.99. The second-order valence-electron chi connectivity index (χ2n) is 3.77. The molecule has 3 N–H and O–H groups in total. The first kappa shape index (κ1) is 6.62. The zero-order valence-corrected chi connectivity index (χ0v) is 6.40. The predicted molar refractivity (Wildman–Crippen MR) is 41.7 cm³/mol. The predicted octanol–water partition coefficient (Wildman–Crippen LogP) is 0.335. The van der Waals surface area contributed by atoms with Crippen LogP contribution in [0.15, 0.2) is 0 Å².